The number of hydrogen-bond donors (Lipinski definition) is 2. The fraction of sp³-hybridized carbons (Fsp3) is 0.381. The van der Waals surface area contributed by atoms with E-state index in [0.29, 0.717) is 6.54 Å². The molecular formula is C21H26N4O3. The van der Waals surface area contributed by atoms with Crippen LogP contribution in [0, 0.1) is 13.8 Å². The lowest BCUT2D eigenvalue weighted by molar-refractivity contribution is 0.0383. The Hall–Kier alpha value is -2.77. The second-order valence-corrected chi connectivity index (χ2v) is 6.84. The minimum Gasteiger partial charge on any atom is -0.379 e. The van der Waals surface area contributed by atoms with Gasteiger partial charge in [-0.25, -0.2) is 4.98 Å². The van der Waals surface area contributed by atoms with Crippen molar-refractivity contribution in [3.63, 3.8) is 0 Å². The maximum Gasteiger partial charge on any atom is 0.274 e. The van der Waals surface area contributed by atoms with Gasteiger partial charge < -0.3 is 15.4 Å². The standard InChI is InChI=1S/C21H26N4O3/c1-15-5-3-6-16(2)19(15)24-21(27)18-8-4-7-17(23-18)20(26)22-9-10-25-11-13-28-14-12-25/h3-8H,9-14H2,1-2H3,(H,22,26)(H,24,27). The molecule has 2 heterocycles. The number of benzene rings is 1. The zero-order valence-corrected chi connectivity index (χ0v) is 16.3. The van der Waals surface area contributed by atoms with Gasteiger partial charge in [0.05, 0.1) is 13.2 Å². The van der Waals surface area contributed by atoms with Gasteiger partial charge in [-0.15, -0.1) is 0 Å². The van der Waals surface area contributed by atoms with Crippen molar-refractivity contribution in [1.82, 2.24) is 15.2 Å². The van der Waals surface area contributed by atoms with Gasteiger partial charge in [-0.2, -0.15) is 0 Å². The van der Waals surface area contributed by atoms with E-state index in [-0.39, 0.29) is 23.2 Å². The molecule has 2 N–H and O–H groups in total. The van der Waals surface area contributed by atoms with Gasteiger partial charge in [-0.3, -0.25) is 14.5 Å². The molecule has 7 nitrogen and oxygen atoms in total. The molecule has 0 spiro atoms. The summed E-state index contributed by atoms with van der Waals surface area (Å²) in [6, 6.07) is 10.7. The molecule has 28 heavy (non-hydrogen) atoms. The molecule has 148 valence electrons. The van der Waals surface area contributed by atoms with Crippen LogP contribution >= 0.6 is 0 Å². The number of pyridine rings is 1. The average Bonchev–Trinajstić information content (AvgIpc) is 2.71. The third kappa shape index (κ3) is 5.15. The van der Waals surface area contributed by atoms with E-state index >= 15 is 0 Å². The second kappa shape index (κ2) is 9.43. The maximum atomic E-state index is 12.6. The summed E-state index contributed by atoms with van der Waals surface area (Å²) in [5.41, 5.74) is 3.17. The van der Waals surface area contributed by atoms with Crippen molar-refractivity contribution in [2.24, 2.45) is 0 Å². The summed E-state index contributed by atoms with van der Waals surface area (Å²) in [6.45, 7) is 8.38. The molecule has 3 rings (SSSR count). The minimum absolute atomic E-state index is 0.212. The number of amides is 2. The Labute approximate surface area is 165 Å². The van der Waals surface area contributed by atoms with Gasteiger partial charge in [0.15, 0.2) is 0 Å². The van der Waals surface area contributed by atoms with Crippen LogP contribution in [-0.2, 0) is 4.74 Å². The first kappa shape index (κ1) is 20.0. The Kier molecular flexibility index (Phi) is 6.73. The molecule has 0 atom stereocenters. The summed E-state index contributed by atoms with van der Waals surface area (Å²) in [6.07, 6.45) is 0. The molecule has 1 aliphatic heterocycles. The van der Waals surface area contributed by atoms with Gasteiger partial charge in [0.2, 0.25) is 0 Å². The fourth-order valence-corrected chi connectivity index (χ4v) is 3.12. The number of carbonyl (C=O) groups excluding carboxylic acids is 2. The van der Waals surface area contributed by atoms with E-state index in [0.717, 1.165) is 49.7 Å². The van der Waals surface area contributed by atoms with Crippen LogP contribution in [0.4, 0.5) is 5.69 Å². The topological polar surface area (TPSA) is 83.6 Å². The highest BCUT2D eigenvalue weighted by atomic mass is 16.5. The first-order chi connectivity index (χ1) is 13.5. The highest BCUT2D eigenvalue weighted by molar-refractivity contribution is 6.04. The third-order valence-electron chi connectivity index (χ3n) is 4.75. The van der Waals surface area contributed by atoms with Crippen LogP contribution in [0.25, 0.3) is 0 Å². The van der Waals surface area contributed by atoms with Gasteiger partial charge in [0, 0.05) is 31.9 Å². The van der Waals surface area contributed by atoms with Crippen molar-refractivity contribution in [1.29, 1.82) is 0 Å². The monoisotopic (exact) mass is 382 g/mol. The van der Waals surface area contributed by atoms with Crippen LogP contribution in [-0.4, -0.2) is 61.1 Å². The number of ether oxygens (including phenoxy) is 1. The Morgan fingerprint density at radius 1 is 1.00 bits per heavy atom. The number of morpholine rings is 1. The van der Waals surface area contributed by atoms with Crippen LogP contribution in [0.3, 0.4) is 0 Å². The summed E-state index contributed by atoms with van der Waals surface area (Å²) in [4.78, 5) is 31.4. The molecule has 1 aromatic heterocycles. The number of rotatable bonds is 6. The van der Waals surface area contributed by atoms with Crippen LogP contribution in [0.15, 0.2) is 36.4 Å². The molecule has 7 heteroatoms. The lowest BCUT2D eigenvalue weighted by Gasteiger charge is -2.26. The van der Waals surface area contributed by atoms with Crippen LogP contribution < -0.4 is 10.6 Å². The molecule has 2 amide bonds. The van der Waals surface area contributed by atoms with Crippen LogP contribution in [0.1, 0.15) is 32.1 Å². The molecule has 1 aromatic carbocycles. The van der Waals surface area contributed by atoms with E-state index in [4.69, 9.17) is 4.74 Å². The lowest BCUT2D eigenvalue weighted by atomic mass is 10.1. The van der Waals surface area contributed by atoms with Crippen molar-refractivity contribution in [2.75, 3.05) is 44.7 Å². The average molecular weight is 382 g/mol. The second-order valence-electron chi connectivity index (χ2n) is 6.84. The van der Waals surface area contributed by atoms with E-state index in [9.17, 15) is 9.59 Å². The van der Waals surface area contributed by atoms with Crippen molar-refractivity contribution in [3.8, 4) is 0 Å². The van der Waals surface area contributed by atoms with Crippen LogP contribution in [0.2, 0.25) is 0 Å². The highest BCUT2D eigenvalue weighted by Crippen LogP contribution is 2.20. The number of carbonyl (C=O) groups is 2. The van der Waals surface area contributed by atoms with E-state index < -0.39 is 0 Å². The third-order valence-corrected chi connectivity index (χ3v) is 4.75. The molecule has 1 fully saturated rings. The van der Waals surface area contributed by atoms with Crippen molar-refractivity contribution >= 4 is 17.5 Å². The highest BCUT2D eigenvalue weighted by Gasteiger charge is 2.15. The van der Waals surface area contributed by atoms with Crippen molar-refractivity contribution < 1.29 is 14.3 Å². The van der Waals surface area contributed by atoms with Gasteiger partial charge in [-0.05, 0) is 37.1 Å². The molecule has 2 aromatic rings. The summed E-state index contributed by atoms with van der Waals surface area (Å²) in [5, 5.41) is 5.76. The Morgan fingerprint density at radius 2 is 1.61 bits per heavy atom. The Balaban J connectivity index is 1.59. The summed E-state index contributed by atoms with van der Waals surface area (Å²) in [5.74, 6) is -0.615. The summed E-state index contributed by atoms with van der Waals surface area (Å²) >= 11 is 0. The number of aromatic nitrogens is 1. The van der Waals surface area contributed by atoms with Crippen molar-refractivity contribution in [3.05, 3.63) is 58.9 Å². The first-order valence-corrected chi connectivity index (χ1v) is 9.47. The number of nitrogens with zero attached hydrogens (tertiary/aromatic N) is 2. The summed E-state index contributed by atoms with van der Waals surface area (Å²) in [7, 11) is 0. The Bertz CT molecular complexity index is 827. The van der Waals surface area contributed by atoms with Gasteiger partial charge in [-0.1, -0.05) is 24.3 Å². The van der Waals surface area contributed by atoms with E-state index in [1.807, 2.05) is 32.0 Å². The number of aryl methyl sites for hydroxylation is 2. The lowest BCUT2D eigenvalue weighted by Crippen LogP contribution is -2.41. The van der Waals surface area contributed by atoms with Crippen molar-refractivity contribution in [2.45, 2.75) is 13.8 Å². The fourth-order valence-electron chi connectivity index (χ4n) is 3.12. The quantitative estimate of drug-likeness (QED) is 0.799. The molecule has 0 bridgehead atoms. The smallest absolute Gasteiger partial charge is 0.274 e. The summed E-state index contributed by atoms with van der Waals surface area (Å²) < 4.78 is 5.31. The predicted molar refractivity (Wildman–Crippen MR) is 108 cm³/mol. The molecule has 0 radical (unpaired) electrons. The molecule has 0 saturated carbocycles. The molecular weight excluding hydrogens is 356 g/mol. The molecule has 1 saturated heterocycles. The molecule has 0 unspecified atom stereocenters. The number of hydrogen-bond acceptors (Lipinski definition) is 5. The zero-order chi connectivity index (χ0) is 19.9. The minimum atomic E-state index is -0.333. The maximum absolute atomic E-state index is 12.6. The molecule has 1 aliphatic rings. The predicted octanol–water partition coefficient (Wildman–Crippen LogP) is 2.01. The molecule has 0 aliphatic carbocycles. The largest absolute Gasteiger partial charge is 0.379 e. The number of nitrogens with one attached hydrogen (secondary N) is 2. The number of anilines is 1. The van der Waals surface area contributed by atoms with Crippen LogP contribution in [0.5, 0.6) is 0 Å². The van der Waals surface area contributed by atoms with Gasteiger partial charge in [0.1, 0.15) is 11.4 Å². The SMILES string of the molecule is Cc1cccc(C)c1NC(=O)c1cccc(C(=O)NCCN2CCOCC2)n1. The van der Waals surface area contributed by atoms with E-state index in [2.05, 4.69) is 20.5 Å². The van der Waals surface area contributed by atoms with E-state index in [1.54, 1.807) is 18.2 Å². The zero-order valence-electron chi connectivity index (χ0n) is 16.3. The normalized spacial score (nSPS) is 14.5. The first-order valence-electron chi connectivity index (χ1n) is 9.47. The Morgan fingerprint density at radius 3 is 2.29 bits per heavy atom. The number of para-hydroxylation sites is 1. The van der Waals surface area contributed by atoms with E-state index in [1.165, 1.54) is 0 Å². The van der Waals surface area contributed by atoms with Gasteiger partial charge in [0.25, 0.3) is 11.8 Å². The van der Waals surface area contributed by atoms with Gasteiger partial charge >= 0.3 is 0 Å².